The van der Waals surface area contributed by atoms with Gasteiger partial charge < -0.3 is 10.6 Å². The molecule has 0 radical (unpaired) electrons. The van der Waals surface area contributed by atoms with Crippen LogP contribution in [0.25, 0.3) is 0 Å². The van der Waals surface area contributed by atoms with Gasteiger partial charge in [0.2, 0.25) is 0 Å². The Balaban J connectivity index is 1.62. The van der Waals surface area contributed by atoms with Crippen molar-refractivity contribution < 1.29 is 13.2 Å². The first-order chi connectivity index (χ1) is 11.4. The second-order valence-corrected chi connectivity index (χ2v) is 8.31. The lowest BCUT2D eigenvalue weighted by Gasteiger charge is -2.11. The summed E-state index contributed by atoms with van der Waals surface area (Å²) < 4.78 is 22.8. The first-order valence-electron chi connectivity index (χ1n) is 7.41. The van der Waals surface area contributed by atoms with Gasteiger partial charge in [-0.3, -0.25) is 4.79 Å². The molecule has 1 saturated heterocycles. The number of carbonyl (C=O) groups excluding carboxylic acids is 1. The Kier molecular flexibility index (Phi) is 4.73. The van der Waals surface area contributed by atoms with E-state index in [1.54, 1.807) is 30.5 Å². The van der Waals surface area contributed by atoms with Crippen LogP contribution in [0.2, 0.25) is 5.02 Å². The number of rotatable bonds is 4. The Morgan fingerprint density at radius 3 is 2.67 bits per heavy atom. The molecule has 126 valence electrons. The predicted molar refractivity (Wildman–Crippen MR) is 93.5 cm³/mol. The minimum Gasteiger partial charge on any atom is -0.354 e. The number of carbonyl (C=O) groups is 1. The minimum atomic E-state index is -3.02. The maximum Gasteiger partial charge on any atom is 0.270 e. The van der Waals surface area contributed by atoms with Gasteiger partial charge in [-0.1, -0.05) is 17.7 Å². The number of hydrogen-bond acceptors (Lipinski definition) is 5. The van der Waals surface area contributed by atoms with Crippen molar-refractivity contribution in [2.75, 3.05) is 16.8 Å². The molecule has 1 unspecified atom stereocenters. The molecule has 3 rings (SSSR count). The summed E-state index contributed by atoms with van der Waals surface area (Å²) in [7, 11) is -3.02. The average Bonchev–Trinajstić information content (AvgIpc) is 2.87. The van der Waals surface area contributed by atoms with Crippen LogP contribution in [0.4, 0.5) is 11.4 Å². The third-order valence-electron chi connectivity index (χ3n) is 3.68. The molecule has 0 saturated carbocycles. The van der Waals surface area contributed by atoms with Gasteiger partial charge in [-0.05, 0) is 36.8 Å². The predicted octanol–water partition coefficient (Wildman–Crippen LogP) is 2.40. The lowest BCUT2D eigenvalue weighted by molar-refractivity contribution is 0.0936. The summed E-state index contributed by atoms with van der Waals surface area (Å²) in [5.41, 5.74) is 1.78. The number of anilines is 2. The van der Waals surface area contributed by atoms with Crippen LogP contribution in [0.15, 0.2) is 42.6 Å². The van der Waals surface area contributed by atoms with Crippen molar-refractivity contribution in [2.24, 2.45) is 0 Å². The molecule has 24 heavy (non-hydrogen) atoms. The van der Waals surface area contributed by atoms with E-state index >= 15 is 0 Å². The lowest BCUT2D eigenvalue weighted by atomic mass is 10.2. The zero-order chi connectivity index (χ0) is 17.2. The molecule has 0 spiro atoms. The fourth-order valence-electron chi connectivity index (χ4n) is 2.50. The summed E-state index contributed by atoms with van der Waals surface area (Å²) >= 11 is 5.93. The molecule has 1 aliphatic rings. The molecule has 2 aromatic rings. The van der Waals surface area contributed by atoms with E-state index in [1.165, 1.54) is 0 Å². The molecule has 1 fully saturated rings. The van der Waals surface area contributed by atoms with E-state index < -0.39 is 9.84 Å². The summed E-state index contributed by atoms with van der Waals surface area (Å²) in [6, 6.07) is 10.2. The second kappa shape index (κ2) is 6.78. The molecule has 1 aliphatic heterocycles. The van der Waals surface area contributed by atoms with E-state index in [0.717, 1.165) is 11.4 Å². The molecule has 0 aliphatic carbocycles. The lowest BCUT2D eigenvalue weighted by Crippen LogP contribution is -2.36. The highest BCUT2D eigenvalue weighted by molar-refractivity contribution is 7.91. The molecule has 6 nitrogen and oxygen atoms in total. The fourth-order valence-corrected chi connectivity index (χ4v) is 4.37. The van der Waals surface area contributed by atoms with E-state index in [2.05, 4.69) is 15.6 Å². The SMILES string of the molecule is O=C(NC1CCS(=O)(=O)C1)c1ccc(Nc2cccc(Cl)c2)cn1. The number of nitrogens with zero attached hydrogens (tertiary/aromatic N) is 1. The highest BCUT2D eigenvalue weighted by Gasteiger charge is 2.29. The number of halogens is 1. The van der Waals surface area contributed by atoms with Crippen molar-refractivity contribution in [1.29, 1.82) is 0 Å². The van der Waals surface area contributed by atoms with Gasteiger partial charge in [-0.2, -0.15) is 0 Å². The van der Waals surface area contributed by atoms with Crippen LogP contribution in [0, 0.1) is 0 Å². The largest absolute Gasteiger partial charge is 0.354 e. The molecule has 0 bridgehead atoms. The van der Waals surface area contributed by atoms with Crippen molar-refractivity contribution in [3.8, 4) is 0 Å². The Hall–Kier alpha value is -2.12. The maximum atomic E-state index is 12.1. The number of hydrogen-bond donors (Lipinski definition) is 2. The first-order valence-corrected chi connectivity index (χ1v) is 9.61. The molecule has 1 amide bonds. The van der Waals surface area contributed by atoms with Gasteiger partial charge in [-0.15, -0.1) is 0 Å². The van der Waals surface area contributed by atoms with Gasteiger partial charge in [0.1, 0.15) is 5.69 Å². The number of pyridine rings is 1. The van der Waals surface area contributed by atoms with Crippen LogP contribution < -0.4 is 10.6 Å². The van der Waals surface area contributed by atoms with Gasteiger partial charge in [0.05, 0.1) is 23.4 Å². The normalized spacial score (nSPS) is 19.0. The number of aromatic nitrogens is 1. The second-order valence-electron chi connectivity index (χ2n) is 5.64. The van der Waals surface area contributed by atoms with Crippen LogP contribution in [0.1, 0.15) is 16.9 Å². The zero-order valence-corrected chi connectivity index (χ0v) is 14.3. The molecule has 1 aromatic heterocycles. The van der Waals surface area contributed by atoms with E-state index in [0.29, 0.717) is 11.4 Å². The molecule has 2 heterocycles. The summed E-state index contributed by atoms with van der Waals surface area (Å²) in [5, 5.41) is 6.47. The molecular formula is C16H16ClN3O3S. The molecule has 1 aromatic carbocycles. The molecular weight excluding hydrogens is 350 g/mol. The smallest absolute Gasteiger partial charge is 0.270 e. The minimum absolute atomic E-state index is 0.00680. The van der Waals surface area contributed by atoms with Crippen molar-refractivity contribution in [3.05, 3.63) is 53.3 Å². The highest BCUT2D eigenvalue weighted by Crippen LogP contribution is 2.19. The number of benzene rings is 1. The Bertz CT molecular complexity index is 853. The summed E-state index contributed by atoms with van der Waals surface area (Å²) in [6.45, 7) is 0. The van der Waals surface area contributed by atoms with Gasteiger partial charge in [0.15, 0.2) is 9.84 Å². The van der Waals surface area contributed by atoms with Crippen LogP contribution in [-0.4, -0.2) is 36.9 Å². The third-order valence-corrected chi connectivity index (χ3v) is 5.68. The van der Waals surface area contributed by atoms with Crippen LogP contribution >= 0.6 is 11.6 Å². The van der Waals surface area contributed by atoms with Crippen molar-refractivity contribution in [1.82, 2.24) is 10.3 Å². The van der Waals surface area contributed by atoms with Gasteiger partial charge in [-0.25, -0.2) is 13.4 Å². The summed E-state index contributed by atoms with van der Waals surface area (Å²) in [5.74, 6) is -0.257. The zero-order valence-electron chi connectivity index (χ0n) is 12.7. The Morgan fingerprint density at radius 2 is 2.04 bits per heavy atom. The van der Waals surface area contributed by atoms with Crippen LogP contribution in [0.5, 0.6) is 0 Å². The fraction of sp³-hybridized carbons (Fsp3) is 0.250. The van der Waals surface area contributed by atoms with Crippen molar-refractivity contribution in [2.45, 2.75) is 12.5 Å². The highest BCUT2D eigenvalue weighted by atomic mass is 35.5. The molecule has 1 atom stereocenters. The van der Waals surface area contributed by atoms with Crippen LogP contribution in [-0.2, 0) is 9.84 Å². The number of nitrogens with one attached hydrogen (secondary N) is 2. The standard InChI is InChI=1S/C16H16ClN3O3S/c17-11-2-1-3-12(8-11)19-13-4-5-15(18-9-13)16(21)20-14-6-7-24(22,23)10-14/h1-5,8-9,14,19H,6-7,10H2,(H,20,21). The van der Waals surface area contributed by atoms with Gasteiger partial charge in [0, 0.05) is 16.8 Å². The number of sulfone groups is 1. The monoisotopic (exact) mass is 365 g/mol. The average molecular weight is 366 g/mol. The van der Waals surface area contributed by atoms with E-state index in [-0.39, 0.29) is 29.1 Å². The third kappa shape index (κ3) is 4.24. The first kappa shape index (κ1) is 16.7. The Morgan fingerprint density at radius 1 is 1.21 bits per heavy atom. The van der Waals surface area contributed by atoms with Crippen LogP contribution in [0.3, 0.4) is 0 Å². The topological polar surface area (TPSA) is 88.2 Å². The van der Waals surface area contributed by atoms with E-state index in [4.69, 9.17) is 11.6 Å². The molecule has 2 N–H and O–H groups in total. The molecule has 8 heteroatoms. The maximum absolute atomic E-state index is 12.1. The Labute approximate surface area is 145 Å². The number of amides is 1. The van der Waals surface area contributed by atoms with Crippen molar-refractivity contribution in [3.63, 3.8) is 0 Å². The van der Waals surface area contributed by atoms with Gasteiger partial charge in [0.25, 0.3) is 5.91 Å². The van der Waals surface area contributed by atoms with E-state index in [9.17, 15) is 13.2 Å². The summed E-state index contributed by atoms with van der Waals surface area (Å²) in [4.78, 5) is 16.2. The van der Waals surface area contributed by atoms with Crippen molar-refractivity contribution >= 4 is 38.7 Å². The van der Waals surface area contributed by atoms with E-state index in [1.807, 2.05) is 12.1 Å². The summed E-state index contributed by atoms with van der Waals surface area (Å²) in [6.07, 6.45) is 1.99. The van der Waals surface area contributed by atoms with Gasteiger partial charge >= 0.3 is 0 Å². The quantitative estimate of drug-likeness (QED) is 0.868.